The molecule has 0 bridgehead atoms. The Balaban J connectivity index is 2.02. The van der Waals surface area contributed by atoms with Gasteiger partial charge in [0.15, 0.2) is 0 Å². The van der Waals surface area contributed by atoms with Crippen molar-refractivity contribution in [2.45, 2.75) is 38.3 Å². The van der Waals surface area contributed by atoms with Crippen LogP contribution in [0, 0.1) is 11.6 Å². The van der Waals surface area contributed by atoms with Gasteiger partial charge in [-0.1, -0.05) is 50.5 Å². The molecule has 23 heavy (non-hydrogen) atoms. The van der Waals surface area contributed by atoms with Crippen LogP contribution in [-0.2, 0) is 12.1 Å². The van der Waals surface area contributed by atoms with E-state index < -0.39 is 14.4 Å². The normalized spacial score (nSPS) is 12.4. The van der Waals surface area contributed by atoms with E-state index in [0.29, 0.717) is 0 Å². The summed E-state index contributed by atoms with van der Waals surface area (Å²) in [5, 5.41) is 0. The fraction of sp³-hybridized carbons (Fsp3) is 0.333. The summed E-state index contributed by atoms with van der Waals surface area (Å²) in [4.78, 5) is 0. The lowest BCUT2D eigenvalue weighted by molar-refractivity contribution is 0.627. The summed E-state index contributed by atoms with van der Waals surface area (Å²) in [5.74, 6) is -0.348. The Kier molecular flexibility index (Phi) is 5.86. The molecule has 2 rings (SSSR count). The van der Waals surface area contributed by atoms with Crippen molar-refractivity contribution in [3.05, 3.63) is 71.3 Å². The van der Waals surface area contributed by atoms with Crippen LogP contribution < -0.4 is 0 Å². The van der Waals surface area contributed by atoms with Crippen LogP contribution in [0.4, 0.5) is 8.78 Å². The molecule has 0 amide bonds. The lowest BCUT2D eigenvalue weighted by Crippen LogP contribution is -2.37. The zero-order chi connectivity index (χ0) is 17.1. The largest absolute Gasteiger partial charge is 0.207 e. The lowest BCUT2D eigenvalue weighted by atomic mass is 10.2. The van der Waals surface area contributed by atoms with Gasteiger partial charge in [0.05, 0.1) is 0 Å². The van der Waals surface area contributed by atoms with E-state index in [2.05, 4.69) is 36.8 Å². The van der Waals surface area contributed by atoms with E-state index in [1.807, 2.05) is 24.3 Å². The van der Waals surface area contributed by atoms with Gasteiger partial charge in [0.2, 0.25) is 0 Å². The van der Waals surface area contributed by atoms with Gasteiger partial charge in [0, 0.05) is 0 Å². The highest BCUT2D eigenvalue weighted by Gasteiger charge is 2.33. The summed E-state index contributed by atoms with van der Waals surface area (Å²) in [6.07, 6.45) is 0. The maximum absolute atomic E-state index is 13.0. The molecular formula is C18H24F2SSi2. The average Bonchev–Trinajstić information content (AvgIpc) is 2.42. The fourth-order valence-corrected chi connectivity index (χ4v) is 27.8. The van der Waals surface area contributed by atoms with Crippen LogP contribution in [0.5, 0.6) is 0 Å². The summed E-state index contributed by atoms with van der Waals surface area (Å²) >= 11 is 0. The predicted octanol–water partition coefficient (Wildman–Crippen LogP) is 5.97. The van der Waals surface area contributed by atoms with Crippen LogP contribution in [0.15, 0.2) is 48.5 Å². The van der Waals surface area contributed by atoms with E-state index in [0.717, 1.165) is 12.1 Å². The zero-order valence-electron chi connectivity index (χ0n) is 14.2. The Labute approximate surface area is 143 Å². The summed E-state index contributed by atoms with van der Waals surface area (Å²) < 4.78 is 26.1. The summed E-state index contributed by atoms with van der Waals surface area (Å²) in [5.41, 5.74) is 2.45. The molecule has 0 saturated heterocycles. The Morgan fingerprint density at radius 3 is 1.26 bits per heavy atom. The molecule has 2 aromatic rings. The van der Waals surface area contributed by atoms with Crippen LogP contribution in [0.2, 0.25) is 26.2 Å². The molecular weight excluding hydrogens is 342 g/mol. The third kappa shape index (κ3) is 6.24. The molecule has 0 unspecified atom stereocenters. The Bertz CT molecular complexity index is 580. The first-order valence-electron chi connectivity index (χ1n) is 7.84. The summed E-state index contributed by atoms with van der Waals surface area (Å²) in [6.45, 7) is 9.56. The van der Waals surface area contributed by atoms with Gasteiger partial charge < -0.3 is 0 Å². The second-order valence-corrected chi connectivity index (χ2v) is 24.3. The highest BCUT2D eigenvalue weighted by atomic mass is 32.5. The molecule has 0 heterocycles. The fourth-order valence-electron chi connectivity index (χ4n) is 3.01. The topological polar surface area (TPSA) is 0 Å². The first kappa shape index (κ1) is 18.4. The maximum Gasteiger partial charge on any atom is 0.123 e. The quantitative estimate of drug-likeness (QED) is 0.567. The van der Waals surface area contributed by atoms with E-state index in [9.17, 15) is 8.78 Å². The van der Waals surface area contributed by atoms with Crippen LogP contribution in [0.1, 0.15) is 11.1 Å². The number of rotatable bonds is 6. The predicted molar refractivity (Wildman–Crippen MR) is 103 cm³/mol. The van der Waals surface area contributed by atoms with E-state index in [1.54, 1.807) is 24.3 Å². The molecule has 0 atom stereocenters. The summed E-state index contributed by atoms with van der Waals surface area (Å²) in [6, 6.07) is 15.9. The molecule has 0 radical (unpaired) electrons. The number of benzene rings is 2. The minimum Gasteiger partial charge on any atom is -0.207 e. The van der Waals surface area contributed by atoms with Gasteiger partial charge in [-0.25, -0.2) is 19.4 Å². The molecule has 0 nitrogen and oxygen atoms in total. The molecule has 0 aliphatic carbocycles. The first-order valence-corrected chi connectivity index (χ1v) is 16.5. The molecule has 0 fully saturated rings. The molecule has 0 aromatic heterocycles. The van der Waals surface area contributed by atoms with E-state index in [-0.39, 0.29) is 11.6 Å². The van der Waals surface area contributed by atoms with Gasteiger partial charge in [-0.3, -0.25) is 0 Å². The van der Waals surface area contributed by atoms with Crippen molar-refractivity contribution in [3.8, 4) is 0 Å². The second kappa shape index (κ2) is 7.32. The second-order valence-electron chi connectivity index (χ2n) is 7.23. The van der Waals surface area contributed by atoms with Crippen LogP contribution >= 0.6 is 10.7 Å². The monoisotopic (exact) mass is 366 g/mol. The van der Waals surface area contributed by atoms with Crippen molar-refractivity contribution < 1.29 is 8.78 Å². The Hall–Kier alpha value is -0.916. The summed E-state index contributed by atoms with van der Waals surface area (Å²) in [7, 11) is -0.767. The maximum atomic E-state index is 13.0. The smallest absolute Gasteiger partial charge is 0.123 e. The SMILES string of the molecule is C[Si](C)(Cc1ccc(F)cc1)S[Si](C)(C)Cc1ccc(F)cc1. The Morgan fingerprint density at radius 1 is 0.652 bits per heavy atom. The van der Waals surface area contributed by atoms with Gasteiger partial charge in [-0.15, -0.1) is 0 Å². The molecule has 124 valence electrons. The van der Waals surface area contributed by atoms with Crippen molar-refractivity contribution in [2.24, 2.45) is 0 Å². The van der Waals surface area contributed by atoms with Crippen molar-refractivity contribution in [1.82, 2.24) is 0 Å². The van der Waals surface area contributed by atoms with Crippen molar-refractivity contribution >= 4 is 25.1 Å². The number of hydrogen-bond acceptors (Lipinski definition) is 1. The van der Waals surface area contributed by atoms with Gasteiger partial charge in [-0.2, -0.15) is 0 Å². The van der Waals surface area contributed by atoms with E-state index >= 15 is 0 Å². The number of halogens is 2. The van der Waals surface area contributed by atoms with Crippen LogP contribution in [0.25, 0.3) is 0 Å². The van der Waals surface area contributed by atoms with E-state index in [1.165, 1.54) is 11.1 Å². The molecule has 2 aromatic carbocycles. The molecule has 0 aliphatic rings. The number of hydrogen-bond donors (Lipinski definition) is 0. The Morgan fingerprint density at radius 2 is 0.957 bits per heavy atom. The molecule has 5 heteroatoms. The molecule has 0 aliphatic heterocycles. The van der Waals surface area contributed by atoms with E-state index in [4.69, 9.17) is 0 Å². The first-order chi connectivity index (χ1) is 10.7. The van der Waals surface area contributed by atoms with Crippen LogP contribution in [0.3, 0.4) is 0 Å². The minimum absolute atomic E-state index is 0.174. The zero-order valence-corrected chi connectivity index (χ0v) is 17.0. The standard InChI is InChI=1S/C18H24F2SSi2/c1-22(2,13-15-5-9-17(19)10-6-15)21-23(3,4)14-16-7-11-18(20)12-8-16/h5-12H,13-14H2,1-4H3. The molecule has 0 spiro atoms. The van der Waals surface area contributed by atoms with Gasteiger partial charge >= 0.3 is 0 Å². The molecule has 0 saturated carbocycles. The average molecular weight is 367 g/mol. The van der Waals surface area contributed by atoms with Gasteiger partial charge in [0.1, 0.15) is 26.1 Å². The van der Waals surface area contributed by atoms with Crippen molar-refractivity contribution in [3.63, 3.8) is 0 Å². The lowest BCUT2D eigenvalue weighted by Gasteiger charge is -2.32. The minimum atomic E-state index is -1.48. The highest BCUT2D eigenvalue weighted by Crippen LogP contribution is 2.35. The highest BCUT2D eigenvalue weighted by molar-refractivity contribution is 8.49. The van der Waals surface area contributed by atoms with Crippen LogP contribution in [-0.4, -0.2) is 14.4 Å². The molecule has 0 N–H and O–H groups in total. The van der Waals surface area contributed by atoms with Crippen molar-refractivity contribution in [2.75, 3.05) is 0 Å². The van der Waals surface area contributed by atoms with Gasteiger partial charge in [0.25, 0.3) is 0 Å². The van der Waals surface area contributed by atoms with Crippen molar-refractivity contribution in [1.29, 1.82) is 0 Å². The third-order valence-corrected chi connectivity index (χ3v) is 21.4. The van der Waals surface area contributed by atoms with Gasteiger partial charge in [-0.05, 0) is 47.5 Å². The third-order valence-electron chi connectivity index (χ3n) is 3.64.